The van der Waals surface area contributed by atoms with E-state index in [0.717, 1.165) is 31.2 Å². The maximum atomic E-state index is 13.0. The first-order valence-electron chi connectivity index (χ1n) is 8.83. The van der Waals surface area contributed by atoms with Gasteiger partial charge in [0.2, 0.25) is 5.91 Å². The van der Waals surface area contributed by atoms with Crippen LogP contribution in [0.2, 0.25) is 0 Å². The van der Waals surface area contributed by atoms with Crippen molar-refractivity contribution in [3.8, 4) is 0 Å². The molecule has 1 heterocycles. The van der Waals surface area contributed by atoms with Gasteiger partial charge in [0.25, 0.3) is 0 Å². The molecule has 1 saturated heterocycles. The minimum absolute atomic E-state index is 0.0504. The molecule has 4 heteroatoms. The second-order valence-corrected chi connectivity index (χ2v) is 6.96. The Hall–Kier alpha value is -2.10. The van der Waals surface area contributed by atoms with E-state index in [9.17, 15) is 14.7 Å². The molecule has 0 bridgehead atoms. The van der Waals surface area contributed by atoms with Gasteiger partial charge in [0.05, 0.1) is 0 Å². The average molecular weight is 327 g/mol. The molecule has 2 aliphatic rings. The molecule has 1 N–H and O–H groups in total. The molecular weight excluding hydrogens is 302 g/mol. The molecule has 0 radical (unpaired) electrons. The molecule has 128 valence electrons. The largest absolute Gasteiger partial charge is 0.480 e. The second kappa shape index (κ2) is 7.20. The van der Waals surface area contributed by atoms with Gasteiger partial charge in [-0.25, -0.2) is 4.79 Å². The molecule has 4 nitrogen and oxygen atoms in total. The molecule has 1 aromatic rings. The Morgan fingerprint density at radius 2 is 1.96 bits per heavy atom. The van der Waals surface area contributed by atoms with Gasteiger partial charge in [0, 0.05) is 18.4 Å². The lowest BCUT2D eigenvalue weighted by Gasteiger charge is -2.33. The van der Waals surface area contributed by atoms with Gasteiger partial charge in [-0.15, -0.1) is 6.58 Å². The van der Waals surface area contributed by atoms with Gasteiger partial charge in [-0.05, 0) is 30.7 Å². The number of rotatable bonds is 5. The molecule has 4 unspecified atom stereocenters. The SMILES string of the molecule is C=CC(CC(=O)N1C(C(=O)O)CC2CCCCC21)c1ccccc1. The van der Waals surface area contributed by atoms with Gasteiger partial charge in [-0.2, -0.15) is 0 Å². The van der Waals surface area contributed by atoms with Crippen molar-refractivity contribution < 1.29 is 14.7 Å². The first-order valence-corrected chi connectivity index (χ1v) is 8.83. The van der Waals surface area contributed by atoms with Crippen molar-refractivity contribution in [2.45, 2.75) is 56.5 Å². The molecule has 1 aliphatic heterocycles. The van der Waals surface area contributed by atoms with E-state index >= 15 is 0 Å². The molecule has 3 rings (SSSR count). The highest BCUT2D eigenvalue weighted by atomic mass is 16.4. The van der Waals surface area contributed by atoms with Crippen LogP contribution in [-0.4, -0.2) is 34.0 Å². The Labute approximate surface area is 143 Å². The van der Waals surface area contributed by atoms with E-state index in [2.05, 4.69) is 6.58 Å². The summed E-state index contributed by atoms with van der Waals surface area (Å²) in [5, 5.41) is 9.57. The Bertz CT molecular complexity index is 613. The standard InChI is InChI=1S/C20H25NO3/c1-2-14(15-8-4-3-5-9-15)13-19(22)21-17-11-7-6-10-16(17)12-18(21)20(23)24/h2-5,8-9,14,16-18H,1,6-7,10-13H2,(H,23,24). The first-order chi connectivity index (χ1) is 11.6. The van der Waals surface area contributed by atoms with Crippen molar-refractivity contribution in [2.75, 3.05) is 0 Å². The van der Waals surface area contributed by atoms with Crippen LogP contribution in [0.15, 0.2) is 43.0 Å². The highest BCUT2D eigenvalue weighted by molar-refractivity contribution is 5.85. The van der Waals surface area contributed by atoms with E-state index in [-0.39, 0.29) is 17.9 Å². The number of nitrogens with zero attached hydrogens (tertiary/aromatic N) is 1. The maximum absolute atomic E-state index is 13.0. The maximum Gasteiger partial charge on any atom is 0.326 e. The highest BCUT2D eigenvalue weighted by Crippen LogP contribution is 2.40. The molecular formula is C20H25NO3. The summed E-state index contributed by atoms with van der Waals surface area (Å²) in [6.45, 7) is 3.87. The molecule has 4 atom stereocenters. The monoisotopic (exact) mass is 327 g/mol. The molecule has 1 amide bonds. The number of carbonyl (C=O) groups is 2. The van der Waals surface area contributed by atoms with Crippen LogP contribution in [0.4, 0.5) is 0 Å². The van der Waals surface area contributed by atoms with Gasteiger partial charge in [-0.1, -0.05) is 49.2 Å². The lowest BCUT2D eigenvalue weighted by atomic mass is 9.84. The zero-order chi connectivity index (χ0) is 17.1. The zero-order valence-corrected chi connectivity index (χ0v) is 13.9. The zero-order valence-electron chi connectivity index (χ0n) is 13.9. The number of carbonyl (C=O) groups excluding carboxylic acids is 1. The summed E-state index contributed by atoms with van der Waals surface area (Å²) in [7, 11) is 0. The summed E-state index contributed by atoms with van der Waals surface area (Å²) in [4.78, 5) is 26.3. The molecule has 24 heavy (non-hydrogen) atoms. The predicted molar refractivity (Wildman–Crippen MR) is 92.6 cm³/mol. The lowest BCUT2D eigenvalue weighted by molar-refractivity contribution is -0.150. The quantitative estimate of drug-likeness (QED) is 0.841. The van der Waals surface area contributed by atoms with E-state index < -0.39 is 12.0 Å². The first kappa shape index (κ1) is 16.7. The van der Waals surface area contributed by atoms with Crippen LogP contribution in [0.3, 0.4) is 0 Å². The smallest absolute Gasteiger partial charge is 0.326 e. The van der Waals surface area contributed by atoms with E-state index in [4.69, 9.17) is 0 Å². The Morgan fingerprint density at radius 1 is 1.25 bits per heavy atom. The normalized spacial score (nSPS) is 27.3. The van der Waals surface area contributed by atoms with Gasteiger partial charge >= 0.3 is 5.97 Å². The van der Waals surface area contributed by atoms with Crippen LogP contribution >= 0.6 is 0 Å². The number of hydrogen-bond donors (Lipinski definition) is 1. The van der Waals surface area contributed by atoms with E-state index in [1.807, 2.05) is 30.3 Å². The van der Waals surface area contributed by atoms with E-state index in [1.54, 1.807) is 11.0 Å². The summed E-state index contributed by atoms with van der Waals surface area (Å²) in [6.07, 6.45) is 6.90. The lowest BCUT2D eigenvalue weighted by Crippen LogP contribution is -2.46. The number of hydrogen-bond acceptors (Lipinski definition) is 2. The Balaban J connectivity index is 1.78. The fourth-order valence-corrected chi connectivity index (χ4v) is 4.37. The number of likely N-dealkylation sites (tertiary alicyclic amines) is 1. The van der Waals surface area contributed by atoms with Crippen molar-refractivity contribution in [1.29, 1.82) is 0 Å². The number of aliphatic carboxylic acids is 1. The topological polar surface area (TPSA) is 57.6 Å². The molecule has 1 saturated carbocycles. The minimum Gasteiger partial charge on any atom is -0.480 e. The van der Waals surface area contributed by atoms with Crippen LogP contribution in [0.25, 0.3) is 0 Å². The summed E-state index contributed by atoms with van der Waals surface area (Å²) < 4.78 is 0. The third-order valence-electron chi connectivity index (χ3n) is 5.57. The van der Waals surface area contributed by atoms with Gasteiger partial charge in [0.15, 0.2) is 0 Å². The van der Waals surface area contributed by atoms with E-state index in [1.165, 1.54) is 0 Å². The number of amides is 1. The fourth-order valence-electron chi connectivity index (χ4n) is 4.37. The van der Waals surface area contributed by atoms with Gasteiger partial charge in [-0.3, -0.25) is 4.79 Å². The van der Waals surface area contributed by atoms with Crippen molar-refractivity contribution in [2.24, 2.45) is 5.92 Å². The predicted octanol–water partition coefficient (Wildman–Crippen LogP) is 3.59. The van der Waals surface area contributed by atoms with Crippen molar-refractivity contribution in [1.82, 2.24) is 4.90 Å². The highest BCUT2D eigenvalue weighted by Gasteiger charge is 2.47. The van der Waals surface area contributed by atoms with Crippen LogP contribution in [0.5, 0.6) is 0 Å². The number of fused-ring (bicyclic) bond motifs is 1. The summed E-state index contributed by atoms with van der Waals surface area (Å²) in [6, 6.07) is 9.26. The second-order valence-electron chi connectivity index (χ2n) is 6.96. The Morgan fingerprint density at radius 3 is 2.62 bits per heavy atom. The fraction of sp³-hybridized carbons (Fsp3) is 0.500. The number of allylic oxidation sites excluding steroid dienone is 1. The molecule has 0 spiro atoms. The molecule has 2 fully saturated rings. The Kier molecular flexibility index (Phi) is 5.03. The number of carboxylic acids is 1. The summed E-state index contributed by atoms with van der Waals surface area (Å²) in [5.74, 6) is -0.642. The van der Waals surface area contributed by atoms with Crippen LogP contribution in [0.1, 0.15) is 50.0 Å². The van der Waals surface area contributed by atoms with Gasteiger partial charge < -0.3 is 10.0 Å². The van der Waals surface area contributed by atoms with Crippen molar-refractivity contribution >= 4 is 11.9 Å². The molecule has 1 aliphatic carbocycles. The van der Waals surface area contributed by atoms with Crippen LogP contribution in [0, 0.1) is 5.92 Å². The third kappa shape index (κ3) is 3.23. The molecule has 1 aromatic carbocycles. The van der Waals surface area contributed by atoms with Crippen LogP contribution in [-0.2, 0) is 9.59 Å². The molecule has 0 aromatic heterocycles. The third-order valence-corrected chi connectivity index (χ3v) is 5.57. The summed E-state index contributed by atoms with van der Waals surface area (Å²) >= 11 is 0. The van der Waals surface area contributed by atoms with Crippen LogP contribution < -0.4 is 0 Å². The van der Waals surface area contributed by atoms with Gasteiger partial charge in [0.1, 0.15) is 6.04 Å². The van der Waals surface area contributed by atoms with Crippen molar-refractivity contribution in [3.05, 3.63) is 48.6 Å². The van der Waals surface area contributed by atoms with Crippen molar-refractivity contribution in [3.63, 3.8) is 0 Å². The van der Waals surface area contributed by atoms with E-state index in [0.29, 0.717) is 18.8 Å². The summed E-state index contributed by atoms with van der Waals surface area (Å²) in [5.41, 5.74) is 1.05. The number of carboxylic acid groups (broad SMARTS) is 1. The number of benzene rings is 1. The average Bonchev–Trinajstić information content (AvgIpc) is 3.00. The minimum atomic E-state index is -0.868.